The van der Waals surface area contributed by atoms with E-state index in [1.165, 1.54) is 0 Å². The number of aromatic nitrogens is 1. The zero-order valence-electron chi connectivity index (χ0n) is 19.0. The number of benzene rings is 1. The molecule has 0 aliphatic carbocycles. The number of halogens is 1. The molecule has 1 amide bonds. The summed E-state index contributed by atoms with van der Waals surface area (Å²) in [5, 5.41) is 13.4. The molecule has 0 radical (unpaired) electrons. The van der Waals surface area contributed by atoms with E-state index in [2.05, 4.69) is 67.7 Å². The highest BCUT2D eigenvalue weighted by Gasteiger charge is 2.20. The fraction of sp³-hybridized carbons (Fsp3) is 0.385. The van der Waals surface area contributed by atoms with Crippen molar-refractivity contribution in [1.82, 2.24) is 9.88 Å². The molecular formula is C26H32BrN3O. The summed E-state index contributed by atoms with van der Waals surface area (Å²) >= 11 is 3.66. The van der Waals surface area contributed by atoms with Crippen molar-refractivity contribution in [2.24, 2.45) is 5.92 Å². The maximum absolute atomic E-state index is 13.3. The third kappa shape index (κ3) is 5.77. The lowest BCUT2D eigenvalue weighted by Crippen LogP contribution is -2.31. The average molecular weight is 482 g/mol. The molecular weight excluding hydrogens is 450 g/mol. The lowest BCUT2D eigenvalue weighted by atomic mass is 10.0. The van der Waals surface area contributed by atoms with E-state index < -0.39 is 0 Å². The maximum Gasteiger partial charge on any atom is 0.326 e. The first kappa shape index (κ1) is 24.7. The van der Waals surface area contributed by atoms with Crippen LogP contribution in [0.2, 0.25) is 0 Å². The summed E-state index contributed by atoms with van der Waals surface area (Å²) in [5.41, 5.74) is 4.61. The predicted octanol–water partition coefficient (Wildman–Crippen LogP) is 7.02. The van der Waals surface area contributed by atoms with Crippen LogP contribution in [0, 0.1) is 17.2 Å². The number of rotatable bonds is 9. The van der Waals surface area contributed by atoms with Gasteiger partial charge in [0.1, 0.15) is 0 Å². The van der Waals surface area contributed by atoms with Crippen LogP contribution in [-0.4, -0.2) is 17.1 Å². The highest BCUT2D eigenvalue weighted by molar-refractivity contribution is 9.11. The van der Waals surface area contributed by atoms with Gasteiger partial charge in [-0.3, -0.25) is 4.57 Å². The minimum absolute atomic E-state index is 0.152. The van der Waals surface area contributed by atoms with Crippen molar-refractivity contribution in [3.8, 4) is 6.07 Å². The van der Waals surface area contributed by atoms with Gasteiger partial charge in [-0.2, -0.15) is 5.26 Å². The van der Waals surface area contributed by atoms with E-state index in [9.17, 15) is 10.1 Å². The number of hydrogen-bond donors (Lipinski definition) is 1. The molecule has 1 heterocycles. The average Bonchev–Trinajstić information content (AvgIpc) is 3.08. The Balaban J connectivity index is 2.43. The number of aryl methyl sites for hydroxylation is 1. The Morgan fingerprint density at radius 1 is 1.35 bits per heavy atom. The minimum Gasteiger partial charge on any atom is -0.333 e. The first-order valence-electron chi connectivity index (χ1n) is 10.9. The third-order valence-electron chi connectivity index (χ3n) is 5.54. The van der Waals surface area contributed by atoms with Crippen LogP contribution in [0.3, 0.4) is 0 Å². The molecule has 0 saturated heterocycles. The van der Waals surface area contributed by atoms with Crippen LogP contribution in [0.25, 0.3) is 10.9 Å². The zero-order valence-corrected chi connectivity index (χ0v) is 20.6. The number of allylic oxidation sites excluding steroid dienone is 3. The van der Waals surface area contributed by atoms with Crippen molar-refractivity contribution in [2.45, 2.75) is 53.4 Å². The van der Waals surface area contributed by atoms with Crippen molar-refractivity contribution in [3.63, 3.8) is 0 Å². The van der Waals surface area contributed by atoms with Gasteiger partial charge in [-0.25, -0.2) is 4.79 Å². The van der Waals surface area contributed by atoms with Gasteiger partial charge in [0.2, 0.25) is 0 Å². The first-order chi connectivity index (χ1) is 14.9. The van der Waals surface area contributed by atoms with Crippen LogP contribution in [0.1, 0.15) is 57.4 Å². The molecule has 1 aromatic heterocycles. The molecule has 1 N–H and O–H groups in total. The summed E-state index contributed by atoms with van der Waals surface area (Å²) in [6, 6.07) is 7.61. The maximum atomic E-state index is 13.3. The molecule has 4 nitrogen and oxygen atoms in total. The molecule has 164 valence electrons. The molecule has 0 fully saturated rings. The van der Waals surface area contributed by atoms with Gasteiger partial charge in [0.25, 0.3) is 0 Å². The largest absolute Gasteiger partial charge is 0.333 e. The van der Waals surface area contributed by atoms with E-state index in [0.717, 1.165) is 57.9 Å². The van der Waals surface area contributed by atoms with Gasteiger partial charge < -0.3 is 5.32 Å². The van der Waals surface area contributed by atoms with E-state index in [-0.39, 0.29) is 6.03 Å². The molecule has 2 aromatic rings. The Hall–Kier alpha value is -2.58. The normalized spacial score (nSPS) is 13.2. The van der Waals surface area contributed by atoms with Crippen LogP contribution in [0.4, 0.5) is 4.79 Å². The van der Waals surface area contributed by atoms with Crippen LogP contribution in [0.5, 0.6) is 0 Å². The van der Waals surface area contributed by atoms with E-state index in [1.807, 2.05) is 18.2 Å². The summed E-state index contributed by atoms with van der Waals surface area (Å²) in [7, 11) is 0. The van der Waals surface area contributed by atoms with E-state index in [4.69, 9.17) is 0 Å². The van der Waals surface area contributed by atoms with Gasteiger partial charge in [-0.1, -0.05) is 68.8 Å². The fourth-order valence-electron chi connectivity index (χ4n) is 3.68. The molecule has 31 heavy (non-hydrogen) atoms. The van der Waals surface area contributed by atoms with Crippen molar-refractivity contribution in [2.75, 3.05) is 6.54 Å². The highest BCUT2D eigenvalue weighted by Crippen LogP contribution is 2.29. The molecule has 1 aromatic carbocycles. The molecule has 1 atom stereocenters. The van der Waals surface area contributed by atoms with Gasteiger partial charge in [-0.15, -0.1) is 0 Å². The van der Waals surface area contributed by atoms with Gasteiger partial charge in [0.05, 0.1) is 17.1 Å². The number of amides is 1. The van der Waals surface area contributed by atoms with Crippen molar-refractivity contribution < 1.29 is 4.79 Å². The number of hydrogen-bond acceptors (Lipinski definition) is 2. The third-order valence-corrected chi connectivity index (χ3v) is 6.55. The molecule has 0 aliphatic rings. The fourth-order valence-corrected chi connectivity index (χ4v) is 4.30. The highest BCUT2D eigenvalue weighted by atomic mass is 79.9. The van der Waals surface area contributed by atoms with Crippen molar-refractivity contribution >= 4 is 32.9 Å². The Bertz CT molecular complexity index is 1050. The zero-order chi connectivity index (χ0) is 23.0. The molecule has 0 aliphatic heterocycles. The Kier molecular flexibility index (Phi) is 9.33. The summed E-state index contributed by atoms with van der Waals surface area (Å²) in [6.45, 7) is 12.7. The van der Waals surface area contributed by atoms with Crippen LogP contribution in [0.15, 0.2) is 53.1 Å². The van der Waals surface area contributed by atoms with Gasteiger partial charge in [-0.05, 0) is 65.1 Å². The second-order valence-corrected chi connectivity index (χ2v) is 8.60. The summed E-state index contributed by atoms with van der Waals surface area (Å²) < 4.78 is 2.89. The van der Waals surface area contributed by atoms with E-state index in [1.54, 1.807) is 16.7 Å². The smallest absolute Gasteiger partial charge is 0.326 e. The SMILES string of the molecule is C=C/C=C(\C=C(\Br)C(C)CC)CNC(=O)n1c(CCC)c(CC)c2cc(C#N)ccc21. The number of fused-ring (bicyclic) bond motifs is 1. The van der Waals surface area contributed by atoms with Crippen LogP contribution < -0.4 is 5.32 Å². The number of carbonyl (C=O) groups is 1. The molecule has 5 heteroatoms. The topological polar surface area (TPSA) is 57.8 Å². The van der Waals surface area contributed by atoms with E-state index in [0.29, 0.717) is 18.0 Å². The Labute approximate surface area is 194 Å². The van der Waals surface area contributed by atoms with Crippen LogP contribution >= 0.6 is 15.9 Å². The number of carbonyl (C=O) groups excluding carboxylic acids is 1. The van der Waals surface area contributed by atoms with Gasteiger partial charge in [0, 0.05) is 17.6 Å². The number of nitrogens with zero attached hydrogens (tertiary/aromatic N) is 2. The monoisotopic (exact) mass is 481 g/mol. The number of nitrogens with one attached hydrogen (secondary N) is 1. The lowest BCUT2D eigenvalue weighted by Gasteiger charge is -2.13. The summed E-state index contributed by atoms with van der Waals surface area (Å²) in [4.78, 5) is 13.3. The summed E-state index contributed by atoms with van der Waals surface area (Å²) in [6.07, 6.45) is 9.31. The number of nitriles is 1. The Morgan fingerprint density at radius 2 is 2.10 bits per heavy atom. The molecule has 0 spiro atoms. The quantitative estimate of drug-likeness (QED) is 0.391. The summed E-state index contributed by atoms with van der Waals surface area (Å²) in [5.74, 6) is 0.412. The van der Waals surface area contributed by atoms with Gasteiger partial charge in [0.15, 0.2) is 0 Å². The van der Waals surface area contributed by atoms with Gasteiger partial charge >= 0.3 is 6.03 Å². The van der Waals surface area contributed by atoms with Crippen molar-refractivity contribution in [3.05, 3.63) is 69.9 Å². The minimum atomic E-state index is -0.152. The Morgan fingerprint density at radius 3 is 2.68 bits per heavy atom. The molecule has 0 saturated carbocycles. The first-order valence-corrected chi connectivity index (χ1v) is 11.7. The van der Waals surface area contributed by atoms with E-state index >= 15 is 0 Å². The lowest BCUT2D eigenvalue weighted by molar-refractivity contribution is 0.243. The molecule has 1 unspecified atom stereocenters. The standard InChI is InChI=1S/C26H32BrN3O/c1-6-10-20(15-23(27)18(5)8-3)17-29-26(31)30-24(11-7-2)21(9-4)22-14-19(16-28)12-13-25(22)30/h6,10,12-15,18H,1,7-9,11,17H2,2-5H3,(H,29,31)/b20-10+,23-15+. The molecule has 0 bridgehead atoms. The predicted molar refractivity (Wildman–Crippen MR) is 134 cm³/mol. The second-order valence-electron chi connectivity index (χ2n) is 7.68. The second kappa shape index (κ2) is 11.7. The van der Waals surface area contributed by atoms with Crippen molar-refractivity contribution in [1.29, 1.82) is 5.26 Å². The molecule has 2 rings (SSSR count). The van der Waals surface area contributed by atoms with Crippen LogP contribution in [-0.2, 0) is 12.8 Å².